The third-order valence-corrected chi connectivity index (χ3v) is 7.33. The zero-order valence-corrected chi connectivity index (χ0v) is 17.5. The van der Waals surface area contributed by atoms with Crippen molar-refractivity contribution in [3.8, 4) is 0 Å². The van der Waals surface area contributed by atoms with Gasteiger partial charge in [0.15, 0.2) is 5.78 Å². The second-order valence-electron chi connectivity index (χ2n) is 7.09. The molecule has 7 heteroatoms. The number of carbonyl (C=O) groups is 1. The van der Waals surface area contributed by atoms with Crippen molar-refractivity contribution in [2.45, 2.75) is 43.5 Å². The van der Waals surface area contributed by atoms with Crippen LogP contribution < -0.4 is 5.32 Å². The number of Topliss-reactive ketones (excluding diaryl/α,β-unsaturated/α-hetero) is 1. The molecule has 0 bridgehead atoms. The summed E-state index contributed by atoms with van der Waals surface area (Å²) in [7, 11) is -3.46. The molecule has 0 spiro atoms. The van der Waals surface area contributed by atoms with Crippen molar-refractivity contribution in [1.29, 1.82) is 0 Å². The second-order valence-corrected chi connectivity index (χ2v) is 9.42. The van der Waals surface area contributed by atoms with Crippen molar-refractivity contribution in [2.75, 3.05) is 18.4 Å². The predicted octanol–water partition coefficient (Wildman–Crippen LogP) is 4.59. The summed E-state index contributed by atoms with van der Waals surface area (Å²) in [6.45, 7) is 3.01. The molecule has 1 N–H and O–H groups in total. The van der Waals surface area contributed by atoms with E-state index >= 15 is 0 Å². The summed E-state index contributed by atoms with van der Waals surface area (Å²) in [5.41, 5.74) is 1.41. The van der Waals surface area contributed by atoms with E-state index in [9.17, 15) is 13.2 Å². The number of hydrogen-bond donors (Lipinski definition) is 1. The Morgan fingerprint density at radius 3 is 2.43 bits per heavy atom. The maximum atomic E-state index is 12.8. The summed E-state index contributed by atoms with van der Waals surface area (Å²) < 4.78 is 27.3. The van der Waals surface area contributed by atoms with E-state index in [1.165, 1.54) is 0 Å². The van der Waals surface area contributed by atoms with Crippen LogP contribution in [-0.4, -0.2) is 37.6 Å². The highest BCUT2D eigenvalue weighted by molar-refractivity contribution is 7.89. The van der Waals surface area contributed by atoms with Crippen LogP contribution in [0.4, 0.5) is 5.69 Å². The molecule has 1 unspecified atom stereocenters. The average molecular weight is 421 g/mol. The van der Waals surface area contributed by atoms with Gasteiger partial charge in [0.25, 0.3) is 0 Å². The number of halogens is 1. The van der Waals surface area contributed by atoms with Crippen molar-refractivity contribution in [3.05, 3.63) is 59.1 Å². The SMILES string of the molecule is CC1CCCCN1S(=O)(=O)c1ccc(NCCC(=O)c2ccc(Cl)cc2)cc1. The van der Waals surface area contributed by atoms with Gasteiger partial charge in [-0.05, 0) is 68.3 Å². The lowest BCUT2D eigenvalue weighted by atomic mass is 10.1. The Bertz CT molecular complexity index is 912. The lowest BCUT2D eigenvalue weighted by Crippen LogP contribution is -2.41. The molecule has 0 radical (unpaired) electrons. The molecule has 1 atom stereocenters. The topological polar surface area (TPSA) is 66.5 Å². The fourth-order valence-corrected chi connectivity index (χ4v) is 5.23. The summed E-state index contributed by atoms with van der Waals surface area (Å²) in [5.74, 6) is 0.0300. The minimum atomic E-state index is -3.46. The van der Waals surface area contributed by atoms with Gasteiger partial charge < -0.3 is 5.32 Å². The molecule has 1 saturated heterocycles. The monoisotopic (exact) mass is 420 g/mol. The van der Waals surface area contributed by atoms with Gasteiger partial charge in [-0.25, -0.2) is 8.42 Å². The molecular weight excluding hydrogens is 396 g/mol. The fourth-order valence-electron chi connectivity index (χ4n) is 3.41. The second kappa shape index (κ2) is 9.07. The van der Waals surface area contributed by atoms with Gasteiger partial charge in [-0.3, -0.25) is 4.79 Å². The van der Waals surface area contributed by atoms with Crippen molar-refractivity contribution in [3.63, 3.8) is 0 Å². The minimum absolute atomic E-state index is 0.0300. The first kappa shape index (κ1) is 20.8. The molecule has 3 rings (SSSR count). The first-order chi connectivity index (χ1) is 13.4. The number of benzene rings is 2. The van der Waals surface area contributed by atoms with Crippen molar-refractivity contribution < 1.29 is 13.2 Å². The summed E-state index contributed by atoms with van der Waals surface area (Å²) in [5, 5.41) is 3.77. The van der Waals surface area contributed by atoms with Gasteiger partial charge in [-0.2, -0.15) is 4.31 Å². The van der Waals surface area contributed by atoms with Crippen LogP contribution in [0.1, 0.15) is 43.0 Å². The van der Waals surface area contributed by atoms with Crippen LogP contribution in [0.2, 0.25) is 5.02 Å². The number of rotatable bonds is 7. The molecule has 0 amide bonds. The molecule has 150 valence electrons. The fraction of sp³-hybridized carbons (Fsp3) is 0.381. The van der Waals surface area contributed by atoms with E-state index in [1.54, 1.807) is 52.8 Å². The largest absolute Gasteiger partial charge is 0.385 e. The molecule has 0 saturated carbocycles. The molecular formula is C21H25ClN2O3S. The Morgan fingerprint density at radius 1 is 1.11 bits per heavy atom. The summed E-state index contributed by atoms with van der Waals surface area (Å²) in [6, 6.07) is 13.6. The van der Waals surface area contributed by atoms with Gasteiger partial charge in [-0.1, -0.05) is 18.0 Å². The molecule has 0 aromatic heterocycles. The number of carbonyl (C=O) groups excluding carboxylic acids is 1. The predicted molar refractivity (Wildman–Crippen MR) is 113 cm³/mol. The van der Waals surface area contributed by atoms with E-state index in [0.29, 0.717) is 35.0 Å². The summed E-state index contributed by atoms with van der Waals surface area (Å²) in [4.78, 5) is 12.5. The quantitative estimate of drug-likeness (QED) is 0.665. The van der Waals surface area contributed by atoms with Crippen LogP contribution in [0.3, 0.4) is 0 Å². The maximum absolute atomic E-state index is 12.8. The molecule has 28 heavy (non-hydrogen) atoms. The van der Waals surface area contributed by atoms with Crippen LogP contribution in [0.25, 0.3) is 0 Å². The zero-order chi connectivity index (χ0) is 20.1. The van der Waals surface area contributed by atoms with E-state index in [2.05, 4.69) is 5.32 Å². The Labute approximate surface area is 171 Å². The highest BCUT2D eigenvalue weighted by Crippen LogP contribution is 2.25. The number of nitrogens with one attached hydrogen (secondary N) is 1. The zero-order valence-electron chi connectivity index (χ0n) is 15.9. The third kappa shape index (κ3) is 4.93. The standard InChI is InChI=1S/C21H25ClN2O3S/c1-16-4-2-3-15-24(16)28(26,27)20-11-9-19(10-12-20)23-14-13-21(25)17-5-7-18(22)8-6-17/h5-12,16,23H,2-4,13-15H2,1H3. The summed E-state index contributed by atoms with van der Waals surface area (Å²) >= 11 is 5.83. The first-order valence-corrected chi connectivity index (χ1v) is 11.3. The smallest absolute Gasteiger partial charge is 0.243 e. The number of ketones is 1. The number of nitrogens with zero attached hydrogens (tertiary/aromatic N) is 1. The van der Waals surface area contributed by atoms with Gasteiger partial charge in [0.1, 0.15) is 0 Å². The average Bonchev–Trinajstić information content (AvgIpc) is 2.69. The molecule has 1 fully saturated rings. The van der Waals surface area contributed by atoms with E-state index in [0.717, 1.165) is 24.9 Å². The lowest BCUT2D eigenvalue weighted by molar-refractivity contribution is 0.0986. The van der Waals surface area contributed by atoms with Crippen LogP contribution in [0.5, 0.6) is 0 Å². The van der Waals surface area contributed by atoms with E-state index in [4.69, 9.17) is 11.6 Å². The van der Waals surface area contributed by atoms with E-state index in [-0.39, 0.29) is 11.8 Å². The number of hydrogen-bond acceptors (Lipinski definition) is 4. The van der Waals surface area contributed by atoms with Crippen LogP contribution in [0, 0.1) is 0 Å². The highest BCUT2D eigenvalue weighted by atomic mass is 35.5. The summed E-state index contributed by atoms with van der Waals surface area (Å²) in [6.07, 6.45) is 3.23. The van der Waals surface area contributed by atoms with Crippen LogP contribution in [0.15, 0.2) is 53.4 Å². The van der Waals surface area contributed by atoms with E-state index in [1.807, 2.05) is 6.92 Å². The minimum Gasteiger partial charge on any atom is -0.385 e. The Kier molecular flexibility index (Phi) is 6.75. The van der Waals surface area contributed by atoms with Gasteiger partial charge in [0.05, 0.1) is 4.90 Å². The van der Waals surface area contributed by atoms with Gasteiger partial charge in [0.2, 0.25) is 10.0 Å². The Hall–Kier alpha value is -1.89. The Balaban J connectivity index is 1.57. The molecule has 2 aromatic carbocycles. The Morgan fingerprint density at radius 2 is 1.79 bits per heavy atom. The molecule has 5 nitrogen and oxygen atoms in total. The van der Waals surface area contributed by atoms with Gasteiger partial charge in [0, 0.05) is 41.8 Å². The lowest BCUT2D eigenvalue weighted by Gasteiger charge is -2.32. The molecule has 1 aliphatic rings. The number of sulfonamides is 1. The van der Waals surface area contributed by atoms with Crippen molar-refractivity contribution in [1.82, 2.24) is 4.31 Å². The van der Waals surface area contributed by atoms with Crippen LogP contribution in [-0.2, 0) is 10.0 Å². The number of piperidine rings is 1. The normalized spacial score (nSPS) is 18.0. The highest BCUT2D eigenvalue weighted by Gasteiger charge is 2.30. The number of anilines is 1. The van der Waals surface area contributed by atoms with Gasteiger partial charge >= 0.3 is 0 Å². The molecule has 1 aliphatic heterocycles. The molecule has 1 heterocycles. The van der Waals surface area contributed by atoms with E-state index < -0.39 is 10.0 Å². The van der Waals surface area contributed by atoms with Crippen LogP contribution >= 0.6 is 11.6 Å². The van der Waals surface area contributed by atoms with Crippen molar-refractivity contribution >= 4 is 33.1 Å². The third-order valence-electron chi connectivity index (χ3n) is 5.05. The first-order valence-electron chi connectivity index (χ1n) is 9.52. The molecule has 2 aromatic rings. The molecule has 0 aliphatic carbocycles. The van der Waals surface area contributed by atoms with Crippen molar-refractivity contribution in [2.24, 2.45) is 0 Å². The van der Waals surface area contributed by atoms with Gasteiger partial charge in [-0.15, -0.1) is 0 Å². The maximum Gasteiger partial charge on any atom is 0.243 e.